The molecule has 1 amide bonds. The van der Waals surface area contributed by atoms with Crippen molar-refractivity contribution in [1.29, 1.82) is 0 Å². The van der Waals surface area contributed by atoms with Crippen molar-refractivity contribution in [2.45, 2.75) is 26.2 Å². The maximum atomic E-state index is 11.6. The molecule has 0 bridgehead atoms. The average molecular weight is 423 g/mol. The number of rotatable bonds is 6. The molecule has 4 rings (SSSR count). The summed E-state index contributed by atoms with van der Waals surface area (Å²) in [6.07, 6.45) is 6.34. The highest BCUT2D eigenvalue weighted by Gasteiger charge is 2.23. The highest BCUT2D eigenvalue weighted by molar-refractivity contribution is 7.18. The molecule has 2 N–H and O–H groups in total. The van der Waals surface area contributed by atoms with Gasteiger partial charge in [-0.15, -0.1) is 0 Å². The fraction of sp³-hybridized carbons (Fsp3) is 0.364. The Morgan fingerprint density at radius 1 is 1.20 bits per heavy atom. The van der Waals surface area contributed by atoms with E-state index in [0.717, 1.165) is 58.8 Å². The number of pyridine rings is 2. The number of amides is 1. The molecule has 1 aliphatic rings. The Morgan fingerprint density at radius 3 is 2.80 bits per heavy atom. The van der Waals surface area contributed by atoms with Crippen LogP contribution >= 0.6 is 11.3 Å². The molecule has 30 heavy (non-hydrogen) atoms. The summed E-state index contributed by atoms with van der Waals surface area (Å²) < 4.78 is 0. The monoisotopic (exact) mass is 422 g/mol. The molecule has 3 aromatic rings. The number of hydrogen-bond donors (Lipinski definition) is 2. The Kier molecular flexibility index (Phi) is 6.23. The molecular formula is C22H26N6OS. The zero-order valence-corrected chi connectivity index (χ0v) is 18.1. The van der Waals surface area contributed by atoms with Crippen molar-refractivity contribution in [3.63, 3.8) is 0 Å². The predicted molar refractivity (Wildman–Crippen MR) is 121 cm³/mol. The lowest BCUT2D eigenvalue weighted by Gasteiger charge is -2.31. The van der Waals surface area contributed by atoms with Gasteiger partial charge in [0, 0.05) is 39.0 Å². The summed E-state index contributed by atoms with van der Waals surface area (Å²) in [7, 11) is 1.70. The fourth-order valence-corrected chi connectivity index (χ4v) is 4.54. The molecule has 1 aliphatic heterocycles. The third-order valence-electron chi connectivity index (χ3n) is 5.30. The van der Waals surface area contributed by atoms with E-state index in [1.807, 2.05) is 43.5 Å². The summed E-state index contributed by atoms with van der Waals surface area (Å²) in [5.74, 6) is 2.13. The van der Waals surface area contributed by atoms with Gasteiger partial charge < -0.3 is 15.5 Å². The summed E-state index contributed by atoms with van der Waals surface area (Å²) >= 11 is 1.66. The van der Waals surface area contributed by atoms with Gasteiger partial charge in [-0.3, -0.25) is 4.79 Å². The Bertz CT molecular complexity index is 1010. The van der Waals surface area contributed by atoms with Crippen LogP contribution in [0.5, 0.6) is 0 Å². The number of piperidine rings is 1. The van der Waals surface area contributed by atoms with Gasteiger partial charge in [-0.05, 0) is 55.5 Å². The molecule has 4 heterocycles. The predicted octanol–water partition coefficient (Wildman–Crippen LogP) is 4.00. The van der Waals surface area contributed by atoms with E-state index in [0.29, 0.717) is 12.3 Å². The molecule has 7 nitrogen and oxygen atoms in total. The van der Waals surface area contributed by atoms with Crippen molar-refractivity contribution < 1.29 is 4.79 Å². The highest BCUT2D eigenvalue weighted by atomic mass is 32.1. The second kappa shape index (κ2) is 9.21. The lowest BCUT2D eigenvalue weighted by atomic mass is 9.93. The standard InChI is InChI=1S/C22H26N6OS/c1-15-6-9-24-20(12-15)27-19-5-3-4-17(26-19)18-14-25-22(30-18)28-10-7-16(8-11-28)13-21(29)23-2/h3-6,9,12,14,16H,7-8,10-11,13H2,1-2H3,(H,23,29)(H,24,26,27). The molecule has 0 radical (unpaired) electrons. The van der Waals surface area contributed by atoms with E-state index in [-0.39, 0.29) is 5.91 Å². The molecule has 1 saturated heterocycles. The summed E-state index contributed by atoms with van der Waals surface area (Å²) in [5.41, 5.74) is 2.04. The maximum absolute atomic E-state index is 11.6. The third kappa shape index (κ3) is 4.94. The minimum atomic E-state index is 0.130. The lowest BCUT2D eigenvalue weighted by molar-refractivity contribution is -0.121. The Balaban J connectivity index is 1.41. The third-order valence-corrected chi connectivity index (χ3v) is 6.39. The Labute approximate surface area is 180 Å². The number of hydrogen-bond acceptors (Lipinski definition) is 7. The van der Waals surface area contributed by atoms with Crippen LogP contribution in [-0.2, 0) is 4.79 Å². The SMILES string of the molecule is CNC(=O)CC1CCN(c2ncc(-c3cccc(Nc4cc(C)ccn4)n3)s2)CC1. The Morgan fingerprint density at radius 2 is 2.03 bits per heavy atom. The zero-order valence-electron chi connectivity index (χ0n) is 17.3. The molecule has 3 aromatic heterocycles. The number of carbonyl (C=O) groups excluding carboxylic acids is 1. The lowest BCUT2D eigenvalue weighted by Crippen LogP contribution is -2.35. The second-order valence-electron chi connectivity index (χ2n) is 7.57. The van der Waals surface area contributed by atoms with Crippen LogP contribution in [0, 0.1) is 12.8 Å². The fourth-order valence-electron chi connectivity index (χ4n) is 3.60. The van der Waals surface area contributed by atoms with Gasteiger partial charge >= 0.3 is 0 Å². The minimum Gasteiger partial charge on any atom is -0.359 e. The molecule has 8 heteroatoms. The number of anilines is 3. The molecule has 0 atom stereocenters. The van der Waals surface area contributed by atoms with Crippen LogP contribution in [0.25, 0.3) is 10.6 Å². The van der Waals surface area contributed by atoms with Crippen LogP contribution < -0.4 is 15.5 Å². The first-order valence-electron chi connectivity index (χ1n) is 10.2. The number of aromatic nitrogens is 3. The van der Waals surface area contributed by atoms with Crippen LogP contribution in [0.1, 0.15) is 24.8 Å². The first-order chi connectivity index (χ1) is 14.6. The van der Waals surface area contributed by atoms with Crippen molar-refractivity contribution >= 4 is 34.0 Å². The van der Waals surface area contributed by atoms with E-state index in [4.69, 9.17) is 4.98 Å². The molecule has 0 aromatic carbocycles. The van der Waals surface area contributed by atoms with Crippen LogP contribution in [0.2, 0.25) is 0 Å². The van der Waals surface area contributed by atoms with Crippen LogP contribution in [0.4, 0.5) is 16.8 Å². The highest BCUT2D eigenvalue weighted by Crippen LogP contribution is 2.33. The number of carbonyl (C=O) groups is 1. The van der Waals surface area contributed by atoms with E-state index >= 15 is 0 Å². The van der Waals surface area contributed by atoms with Gasteiger partial charge in [0.25, 0.3) is 0 Å². The molecule has 1 fully saturated rings. The first-order valence-corrected chi connectivity index (χ1v) is 11.0. The van der Waals surface area contributed by atoms with E-state index < -0.39 is 0 Å². The first kappa shape index (κ1) is 20.3. The van der Waals surface area contributed by atoms with Gasteiger partial charge in [0.05, 0.1) is 10.6 Å². The number of aryl methyl sites for hydroxylation is 1. The van der Waals surface area contributed by atoms with Gasteiger partial charge in [0.1, 0.15) is 11.6 Å². The van der Waals surface area contributed by atoms with Crippen LogP contribution in [0.3, 0.4) is 0 Å². The topological polar surface area (TPSA) is 83.0 Å². The van der Waals surface area contributed by atoms with Gasteiger partial charge in [-0.2, -0.15) is 0 Å². The van der Waals surface area contributed by atoms with Gasteiger partial charge in [0.15, 0.2) is 5.13 Å². The largest absolute Gasteiger partial charge is 0.359 e. The van der Waals surface area contributed by atoms with Crippen molar-refractivity contribution in [3.05, 3.63) is 48.3 Å². The number of thiazole rings is 1. The molecule has 156 valence electrons. The molecule has 0 spiro atoms. The summed E-state index contributed by atoms with van der Waals surface area (Å²) in [5, 5.41) is 7.01. The van der Waals surface area contributed by atoms with Gasteiger partial charge in [-0.1, -0.05) is 17.4 Å². The van der Waals surface area contributed by atoms with Gasteiger partial charge in [-0.25, -0.2) is 15.0 Å². The van der Waals surface area contributed by atoms with Crippen molar-refractivity contribution in [3.8, 4) is 10.6 Å². The average Bonchev–Trinajstić information content (AvgIpc) is 3.25. The minimum absolute atomic E-state index is 0.130. The summed E-state index contributed by atoms with van der Waals surface area (Å²) in [4.78, 5) is 28.7. The molecule has 0 unspecified atom stereocenters. The zero-order chi connectivity index (χ0) is 20.9. The molecule has 0 saturated carbocycles. The maximum Gasteiger partial charge on any atom is 0.220 e. The van der Waals surface area contributed by atoms with Crippen LogP contribution in [0.15, 0.2) is 42.7 Å². The quantitative estimate of drug-likeness (QED) is 0.625. The van der Waals surface area contributed by atoms with Gasteiger partial charge in [0.2, 0.25) is 5.91 Å². The summed E-state index contributed by atoms with van der Waals surface area (Å²) in [6, 6.07) is 9.89. The summed E-state index contributed by atoms with van der Waals surface area (Å²) in [6.45, 7) is 3.91. The molecular weight excluding hydrogens is 396 g/mol. The normalized spacial score (nSPS) is 14.5. The second-order valence-corrected chi connectivity index (χ2v) is 8.58. The van der Waals surface area contributed by atoms with Crippen molar-refractivity contribution in [2.75, 3.05) is 30.4 Å². The van der Waals surface area contributed by atoms with Crippen molar-refractivity contribution in [2.24, 2.45) is 5.92 Å². The number of nitrogens with zero attached hydrogens (tertiary/aromatic N) is 4. The van der Waals surface area contributed by atoms with E-state index in [2.05, 4.69) is 25.5 Å². The van der Waals surface area contributed by atoms with E-state index in [1.165, 1.54) is 0 Å². The van der Waals surface area contributed by atoms with Crippen molar-refractivity contribution in [1.82, 2.24) is 20.3 Å². The molecule has 0 aliphatic carbocycles. The Hall–Kier alpha value is -3.00. The number of nitrogens with one attached hydrogen (secondary N) is 2. The van der Waals surface area contributed by atoms with E-state index in [9.17, 15) is 4.79 Å². The van der Waals surface area contributed by atoms with Crippen LogP contribution in [-0.4, -0.2) is 41.0 Å². The van der Waals surface area contributed by atoms with E-state index in [1.54, 1.807) is 24.6 Å². The smallest absolute Gasteiger partial charge is 0.220 e.